The van der Waals surface area contributed by atoms with Crippen LogP contribution in [-0.2, 0) is 0 Å². The van der Waals surface area contributed by atoms with E-state index in [9.17, 15) is 0 Å². The second kappa shape index (κ2) is 3.28. The van der Waals surface area contributed by atoms with Crippen molar-refractivity contribution < 1.29 is 0 Å². The smallest absolute Gasteiger partial charge is 0.0601 e. The van der Waals surface area contributed by atoms with Gasteiger partial charge in [0, 0.05) is 18.5 Å². The van der Waals surface area contributed by atoms with Crippen LogP contribution in [0.15, 0.2) is 0 Å². The topological polar surface area (TPSA) is 3.24 Å². The molecule has 0 saturated carbocycles. The molecule has 1 aliphatic heterocycles. The number of likely N-dealkylation sites (tertiary alicyclic amines) is 1. The number of hydrogen-bond acceptors (Lipinski definition) is 1. The van der Waals surface area contributed by atoms with E-state index in [-0.39, 0.29) is 5.41 Å². The molecule has 1 fully saturated rings. The predicted molar refractivity (Wildman–Crippen MR) is 48.3 cm³/mol. The molecule has 1 heterocycles. The van der Waals surface area contributed by atoms with Crippen LogP contribution in [-0.4, -0.2) is 24.5 Å². The first-order chi connectivity index (χ1) is 5.08. The van der Waals surface area contributed by atoms with Gasteiger partial charge >= 0.3 is 0 Å². The molecule has 11 heavy (non-hydrogen) atoms. The average Bonchev–Trinajstić information content (AvgIpc) is 1.73. The summed E-state index contributed by atoms with van der Waals surface area (Å²) in [7, 11) is 0. The zero-order valence-electron chi connectivity index (χ0n) is 7.78. The molecule has 1 nitrogen and oxygen atoms in total. The zero-order valence-corrected chi connectivity index (χ0v) is 7.78. The molecule has 0 aromatic heterocycles. The van der Waals surface area contributed by atoms with E-state index in [1.54, 1.807) is 0 Å². The summed E-state index contributed by atoms with van der Waals surface area (Å²) in [6.45, 7) is 9.91. The average molecular weight is 151 g/mol. The van der Waals surface area contributed by atoms with Crippen LogP contribution in [0.25, 0.3) is 0 Å². The SMILES string of the molecule is CC(C)(C)C#CCN1CCC1. The van der Waals surface area contributed by atoms with Crippen molar-refractivity contribution in [2.24, 2.45) is 5.41 Å². The maximum atomic E-state index is 3.23. The van der Waals surface area contributed by atoms with Gasteiger partial charge in [-0.2, -0.15) is 0 Å². The van der Waals surface area contributed by atoms with Crippen LogP contribution in [0.3, 0.4) is 0 Å². The summed E-state index contributed by atoms with van der Waals surface area (Å²) < 4.78 is 0. The van der Waals surface area contributed by atoms with E-state index in [0.717, 1.165) is 6.54 Å². The van der Waals surface area contributed by atoms with Crippen molar-refractivity contribution in [3.05, 3.63) is 0 Å². The Morgan fingerprint density at radius 3 is 2.27 bits per heavy atom. The number of nitrogens with zero attached hydrogens (tertiary/aromatic N) is 1. The summed E-state index contributed by atoms with van der Waals surface area (Å²) in [4.78, 5) is 2.37. The van der Waals surface area contributed by atoms with Gasteiger partial charge in [-0.05, 0) is 27.2 Å². The van der Waals surface area contributed by atoms with Gasteiger partial charge < -0.3 is 0 Å². The summed E-state index contributed by atoms with van der Waals surface area (Å²) >= 11 is 0. The molecule has 1 aliphatic rings. The Balaban J connectivity index is 2.21. The van der Waals surface area contributed by atoms with Gasteiger partial charge in [-0.25, -0.2) is 0 Å². The lowest BCUT2D eigenvalue weighted by Gasteiger charge is -2.28. The monoisotopic (exact) mass is 151 g/mol. The Bertz CT molecular complexity index is 173. The molecule has 1 rings (SSSR count). The standard InChI is InChI=1S/C10H17N/c1-10(2,3)6-4-7-11-8-5-9-11/h5,7-9H2,1-3H3. The Morgan fingerprint density at radius 2 is 1.91 bits per heavy atom. The number of rotatable bonds is 1. The van der Waals surface area contributed by atoms with Crippen molar-refractivity contribution in [1.82, 2.24) is 4.90 Å². The minimum absolute atomic E-state index is 0.171. The summed E-state index contributed by atoms with van der Waals surface area (Å²) in [6.07, 6.45) is 1.36. The minimum Gasteiger partial charge on any atom is -0.292 e. The highest BCUT2D eigenvalue weighted by Gasteiger charge is 2.11. The third-order valence-electron chi connectivity index (χ3n) is 1.71. The van der Waals surface area contributed by atoms with E-state index < -0.39 is 0 Å². The molecule has 1 heteroatoms. The molecule has 0 aromatic carbocycles. The highest BCUT2D eigenvalue weighted by Crippen LogP contribution is 2.10. The Labute approximate surface area is 69.8 Å². The molecule has 0 unspecified atom stereocenters. The first-order valence-electron chi connectivity index (χ1n) is 4.30. The fourth-order valence-corrected chi connectivity index (χ4v) is 0.956. The predicted octanol–water partition coefficient (Wildman–Crippen LogP) is 1.74. The van der Waals surface area contributed by atoms with Crippen molar-refractivity contribution >= 4 is 0 Å². The van der Waals surface area contributed by atoms with Crippen molar-refractivity contribution in [3.8, 4) is 11.8 Å². The van der Waals surface area contributed by atoms with E-state index in [0.29, 0.717) is 0 Å². The van der Waals surface area contributed by atoms with E-state index in [1.807, 2.05) is 0 Å². The van der Waals surface area contributed by atoms with Crippen LogP contribution < -0.4 is 0 Å². The molecule has 0 bridgehead atoms. The Morgan fingerprint density at radius 1 is 1.27 bits per heavy atom. The fourth-order valence-electron chi connectivity index (χ4n) is 0.956. The van der Waals surface area contributed by atoms with Crippen molar-refractivity contribution in [1.29, 1.82) is 0 Å². The number of hydrogen-bond donors (Lipinski definition) is 0. The van der Waals surface area contributed by atoms with Crippen LogP contribution in [0, 0.1) is 17.3 Å². The second-order valence-corrected chi connectivity index (χ2v) is 4.18. The van der Waals surface area contributed by atoms with Crippen molar-refractivity contribution in [2.75, 3.05) is 19.6 Å². The van der Waals surface area contributed by atoms with E-state index >= 15 is 0 Å². The quantitative estimate of drug-likeness (QED) is 0.516. The molecule has 0 radical (unpaired) electrons. The van der Waals surface area contributed by atoms with Gasteiger partial charge in [0.1, 0.15) is 0 Å². The van der Waals surface area contributed by atoms with Gasteiger partial charge in [0.05, 0.1) is 6.54 Å². The molecule has 0 atom stereocenters. The summed E-state index contributed by atoms with van der Waals surface area (Å²) in [5.41, 5.74) is 0.171. The fraction of sp³-hybridized carbons (Fsp3) is 0.800. The minimum atomic E-state index is 0.171. The van der Waals surface area contributed by atoms with E-state index in [2.05, 4.69) is 37.5 Å². The summed E-state index contributed by atoms with van der Waals surface area (Å²) in [5, 5.41) is 0. The lowest BCUT2D eigenvalue weighted by molar-refractivity contribution is 0.206. The van der Waals surface area contributed by atoms with Crippen molar-refractivity contribution in [2.45, 2.75) is 27.2 Å². The lowest BCUT2D eigenvalue weighted by atomic mass is 9.98. The van der Waals surface area contributed by atoms with E-state index in [1.165, 1.54) is 19.5 Å². The van der Waals surface area contributed by atoms with Crippen LogP contribution in [0.1, 0.15) is 27.2 Å². The van der Waals surface area contributed by atoms with Crippen LogP contribution in [0.2, 0.25) is 0 Å². The summed E-state index contributed by atoms with van der Waals surface area (Å²) in [6, 6.07) is 0. The van der Waals surface area contributed by atoms with Crippen molar-refractivity contribution in [3.63, 3.8) is 0 Å². The van der Waals surface area contributed by atoms with Gasteiger partial charge in [-0.1, -0.05) is 11.8 Å². The normalized spacial score (nSPS) is 18.5. The third kappa shape index (κ3) is 3.43. The van der Waals surface area contributed by atoms with Crippen LogP contribution in [0.4, 0.5) is 0 Å². The molecule has 0 N–H and O–H groups in total. The molecule has 0 spiro atoms. The lowest BCUT2D eigenvalue weighted by Crippen LogP contribution is -2.37. The maximum absolute atomic E-state index is 3.23. The molecular weight excluding hydrogens is 134 g/mol. The van der Waals surface area contributed by atoms with Gasteiger partial charge in [-0.3, -0.25) is 4.90 Å². The Hall–Kier alpha value is -0.480. The third-order valence-corrected chi connectivity index (χ3v) is 1.71. The van der Waals surface area contributed by atoms with Gasteiger partial charge in [0.2, 0.25) is 0 Å². The Kier molecular flexibility index (Phi) is 2.57. The highest BCUT2D eigenvalue weighted by molar-refractivity contribution is 5.09. The largest absolute Gasteiger partial charge is 0.292 e. The molecule has 62 valence electrons. The summed E-state index contributed by atoms with van der Waals surface area (Å²) in [5.74, 6) is 6.43. The molecule has 0 aromatic rings. The molecular formula is C10H17N. The van der Waals surface area contributed by atoms with Gasteiger partial charge in [0.25, 0.3) is 0 Å². The first kappa shape index (κ1) is 8.62. The first-order valence-corrected chi connectivity index (χ1v) is 4.30. The van der Waals surface area contributed by atoms with Gasteiger partial charge in [-0.15, -0.1) is 0 Å². The molecule has 1 saturated heterocycles. The van der Waals surface area contributed by atoms with Crippen LogP contribution >= 0.6 is 0 Å². The van der Waals surface area contributed by atoms with Gasteiger partial charge in [0.15, 0.2) is 0 Å². The van der Waals surface area contributed by atoms with Crippen LogP contribution in [0.5, 0.6) is 0 Å². The highest BCUT2D eigenvalue weighted by atomic mass is 15.2. The maximum Gasteiger partial charge on any atom is 0.0601 e. The zero-order chi connectivity index (χ0) is 8.32. The van der Waals surface area contributed by atoms with E-state index in [4.69, 9.17) is 0 Å². The second-order valence-electron chi connectivity index (χ2n) is 4.18. The molecule has 0 aliphatic carbocycles. The molecule has 0 amide bonds.